The van der Waals surface area contributed by atoms with Gasteiger partial charge in [-0.25, -0.2) is 0 Å². The SMILES string of the molecule is COC(OC)(c1ccccc1Cl)C(Br)Br. The lowest BCUT2D eigenvalue weighted by Crippen LogP contribution is -2.37. The highest BCUT2D eigenvalue weighted by Crippen LogP contribution is 2.40. The molecule has 0 N–H and O–H groups in total. The van der Waals surface area contributed by atoms with Crippen LogP contribution in [0.2, 0.25) is 5.02 Å². The first-order valence-electron chi connectivity index (χ1n) is 4.22. The van der Waals surface area contributed by atoms with Crippen molar-refractivity contribution < 1.29 is 9.47 Å². The van der Waals surface area contributed by atoms with Crippen molar-refractivity contribution in [2.45, 2.75) is 9.52 Å². The molecule has 1 aromatic carbocycles. The quantitative estimate of drug-likeness (QED) is 0.600. The van der Waals surface area contributed by atoms with Crippen molar-refractivity contribution in [3.05, 3.63) is 34.9 Å². The van der Waals surface area contributed by atoms with Gasteiger partial charge in [-0.3, -0.25) is 0 Å². The third kappa shape index (κ3) is 2.56. The first-order valence-corrected chi connectivity index (χ1v) is 6.43. The fraction of sp³-hybridized carbons (Fsp3) is 0.400. The number of halogens is 3. The predicted molar refractivity (Wildman–Crippen MR) is 68.8 cm³/mol. The summed E-state index contributed by atoms with van der Waals surface area (Å²) in [5.41, 5.74) is 0.774. The van der Waals surface area contributed by atoms with Crippen LogP contribution in [-0.2, 0) is 15.3 Å². The van der Waals surface area contributed by atoms with Crippen molar-refractivity contribution in [1.29, 1.82) is 0 Å². The summed E-state index contributed by atoms with van der Waals surface area (Å²) in [5.74, 6) is -0.932. The first-order chi connectivity index (χ1) is 7.08. The van der Waals surface area contributed by atoms with E-state index in [-0.39, 0.29) is 3.74 Å². The van der Waals surface area contributed by atoms with Crippen LogP contribution in [0.4, 0.5) is 0 Å². The Labute approximate surface area is 111 Å². The molecule has 1 rings (SSSR count). The van der Waals surface area contributed by atoms with Crippen LogP contribution in [-0.4, -0.2) is 18.0 Å². The molecule has 0 bridgehead atoms. The molecule has 0 atom stereocenters. The standard InChI is InChI=1S/C10H11Br2ClO2/c1-14-10(15-2,9(11)12)7-5-3-4-6-8(7)13/h3-6,9H,1-2H3. The normalized spacial score (nSPS) is 12.1. The van der Waals surface area contributed by atoms with Gasteiger partial charge in [-0.1, -0.05) is 61.7 Å². The van der Waals surface area contributed by atoms with Crippen LogP contribution < -0.4 is 0 Å². The molecule has 0 heterocycles. The summed E-state index contributed by atoms with van der Waals surface area (Å²) in [6.07, 6.45) is 0. The largest absolute Gasteiger partial charge is 0.348 e. The molecule has 0 unspecified atom stereocenters. The summed E-state index contributed by atoms with van der Waals surface area (Å²) in [6, 6.07) is 7.41. The predicted octanol–water partition coefficient (Wildman–Crippen LogP) is 3.90. The zero-order valence-electron chi connectivity index (χ0n) is 8.34. The van der Waals surface area contributed by atoms with Crippen LogP contribution >= 0.6 is 43.5 Å². The zero-order valence-corrected chi connectivity index (χ0v) is 12.3. The Morgan fingerprint density at radius 2 is 1.73 bits per heavy atom. The molecule has 0 fully saturated rings. The Bertz CT molecular complexity index is 327. The maximum Gasteiger partial charge on any atom is 0.218 e. The minimum absolute atomic E-state index is 0.201. The second kappa shape index (κ2) is 5.64. The molecule has 0 aliphatic heterocycles. The van der Waals surface area contributed by atoms with E-state index < -0.39 is 5.79 Å². The van der Waals surface area contributed by atoms with E-state index in [0.717, 1.165) is 5.56 Å². The molecule has 0 aromatic heterocycles. The first kappa shape index (κ1) is 13.5. The highest BCUT2D eigenvalue weighted by Gasteiger charge is 2.40. The Morgan fingerprint density at radius 3 is 2.13 bits per heavy atom. The third-order valence-corrected chi connectivity index (χ3v) is 3.68. The van der Waals surface area contributed by atoms with Gasteiger partial charge in [0.2, 0.25) is 5.79 Å². The van der Waals surface area contributed by atoms with Crippen LogP contribution in [0.1, 0.15) is 5.56 Å². The number of rotatable bonds is 4. The maximum atomic E-state index is 6.11. The molecule has 0 aliphatic rings. The maximum absolute atomic E-state index is 6.11. The van der Waals surface area contributed by atoms with E-state index >= 15 is 0 Å². The molecule has 0 saturated heterocycles. The van der Waals surface area contributed by atoms with Crippen molar-refractivity contribution in [3.8, 4) is 0 Å². The van der Waals surface area contributed by atoms with Crippen molar-refractivity contribution in [2.24, 2.45) is 0 Å². The van der Waals surface area contributed by atoms with Gasteiger partial charge in [0.1, 0.15) is 3.74 Å². The van der Waals surface area contributed by atoms with Crippen molar-refractivity contribution >= 4 is 43.5 Å². The minimum atomic E-state index is -0.932. The van der Waals surface area contributed by atoms with Gasteiger partial charge in [0.05, 0.1) is 0 Å². The van der Waals surface area contributed by atoms with E-state index in [0.29, 0.717) is 5.02 Å². The van der Waals surface area contributed by atoms with Crippen LogP contribution in [0.5, 0.6) is 0 Å². The number of benzene rings is 1. The van der Waals surface area contributed by atoms with E-state index in [4.69, 9.17) is 21.1 Å². The Morgan fingerprint density at radius 1 is 1.20 bits per heavy atom. The van der Waals surface area contributed by atoms with Gasteiger partial charge in [-0.15, -0.1) is 0 Å². The van der Waals surface area contributed by atoms with Crippen LogP contribution in [0.3, 0.4) is 0 Å². The van der Waals surface area contributed by atoms with E-state index in [9.17, 15) is 0 Å². The lowest BCUT2D eigenvalue weighted by molar-refractivity contribution is -0.201. The van der Waals surface area contributed by atoms with Crippen molar-refractivity contribution in [1.82, 2.24) is 0 Å². The smallest absolute Gasteiger partial charge is 0.218 e. The average molecular weight is 358 g/mol. The highest BCUT2D eigenvalue weighted by atomic mass is 79.9. The summed E-state index contributed by atoms with van der Waals surface area (Å²) in [7, 11) is 3.14. The Hall–Kier alpha value is 0.390. The lowest BCUT2D eigenvalue weighted by Gasteiger charge is -2.33. The summed E-state index contributed by atoms with van der Waals surface area (Å²) >= 11 is 12.9. The second-order valence-electron chi connectivity index (χ2n) is 2.86. The average Bonchev–Trinajstić information content (AvgIpc) is 2.22. The van der Waals surface area contributed by atoms with E-state index in [1.54, 1.807) is 20.3 Å². The molecule has 2 nitrogen and oxygen atoms in total. The fourth-order valence-electron chi connectivity index (χ4n) is 1.34. The number of hydrogen-bond donors (Lipinski definition) is 0. The number of ether oxygens (including phenoxy) is 2. The van der Waals surface area contributed by atoms with E-state index in [1.807, 2.05) is 18.2 Å². The number of hydrogen-bond acceptors (Lipinski definition) is 2. The monoisotopic (exact) mass is 356 g/mol. The minimum Gasteiger partial charge on any atom is -0.348 e. The molecule has 15 heavy (non-hydrogen) atoms. The fourth-order valence-corrected chi connectivity index (χ4v) is 2.85. The van der Waals surface area contributed by atoms with Gasteiger partial charge in [-0.05, 0) is 6.07 Å². The van der Waals surface area contributed by atoms with E-state index in [2.05, 4.69) is 31.9 Å². The van der Waals surface area contributed by atoms with Crippen LogP contribution in [0.15, 0.2) is 24.3 Å². The molecule has 0 radical (unpaired) electrons. The second-order valence-corrected chi connectivity index (χ2v) is 6.32. The van der Waals surface area contributed by atoms with Crippen molar-refractivity contribution in [2.75, 3.05) is 14.2 Å². The summed E-state index contributed by atoms with van der Waals surface area (Å²) in [4.78, 5) is 0. The van der Waals surface area contributed by atoms with Crippen LogP contribution in [0, 0.1) is 0 Å². The Balaban J connectivity index is 3.26. The summed E-state index contributed by atoms with van der Waals surface area (Å²) in [6.45, 7) is 0. The Kier molecular flexibility index (Phi) is 5.06. The van der Waals surface area contributed by atoms with Gasteiger partial charge in [0, 0.05) is 24.8 Å². The van der Waals surface area contributed by atoms with Crippen molar-refractivity contribution in [3.63, 3.8) is 0 Å². The van der Waals surface area contributed by atoms with Gasteiger partial charge in [-0.2, -0.15) is 0 Å². The molecule has 84 valence electrons. The van der Waals surface area contributed by atoms with Gasteiger partial charge in [0.25, 0.3) is 0 Å². The molecule has 0 amide bonds. The lowest BCUT2D eigenvalue weighted by atomic mass is 10.1. The summed E-state index contributed by atoms with van der Waals surface area (Å²) < 4.78 is 10.6. The molecule has 5 heteroatoms. The van der Waals surface area contributed by atoms with Gasteiger partial charge < -0.3 is 9.47 Å². The van der Waals surface area contributed by atoms with E-state index in [1.165, 1.54) is 0 Å². The highest BCUT2D eigenvalue weighted by molar-refractivity contribution is 9.24. The zero-order chi connectivity index (χ0) is 11.5. The van der Waals surface area contributed by atoms with Crippen LogP contribution in [0.25, 0.3) is 0 Å². The molecule has 0 spiro atoms. The molecule has 0 saturated carbocycles. The topological polar surface area (TPSA) is 18.5 Å². The number of alkyl halides is 2. The summed E-state index contributed by atoms with van der Waals surface area (Å²) in [5, 5.41) is 0.602. The molecule has 0 aliphatic carbocycles. The number of methoxy groups -OCH3 is 2. The van der Waals surface area contributed by atoms with Gasteiger partial charge >= 0.3 is 0 Å². The third-order valence-electron chi connectivity index (χ3n) is 2.14. The van der Waals surface area contributed by atoms with Gasteiger partial charge in [0.15, 0.2) is 0 Å². The molecular formula is C10H11Br2ClO2. The molecular weight excluding hydrogens is 347 g/mol. The molecule has 1 aromatic rings.